The molecule has 1 unspecified atom stereocenters. The molecule has 0 aliphatic heterocycles. The number of hydrogen-bond donors (Lipinski definition) is 3. The SMILES string of the molecule is CCC[C@H](N)C(=O)NCC(CC(C)(C)C)C(=O)O. The molecule has 5 heteroatoms. The molecule has 0 aliphatic rings. The highest BCUT2D eigenvalue weighted by molar-refractivity contribution is 5.82. The summed E-state index contributed by atoms with van der Waals surface area (Å²) in [6.45, 7) is 8.03. The van der Waals surface area contributed by atoms with Crippen molar-refractivity contribution in [3.8, 4) is 0 Å². The van der Waals surface area contributed by atoms with E-state index in [2.05, 4.69) is 5.32 Å². The molecule has 0 aromatic rings. The van der Waals surface area contributed by atoms with Crippen molar-refractivity contribution in [1.82, 2.24) is 5.32 Å². The van der Waals surface area contributed by atoms with Gasteiger partial charge in [0.05, 0.1) is 12.0 Å². The molecule has 5 nitrogen and oxygen atoms in total. The van der Waals surface area contributed by atoms with Crippen LogP contribution in [0.2, 0.25) is 0 Å². The third kappa shape index (κ3) is 7.27. The maximum absolute atomic E-state index is 11.6. The molecule has 0 saturated heterocycles. The van der Waals surface area contributed by atoms with E-state index in [-0.39, 0.29) is 17.9 Å². The van der Waals surface area contributed by atoms with Crippen LogP contribution >= 0.6 is 0 Å². The quantitative estimate of drug-likeness (QED) is 0.643. The zero-order valence-corrected chi connectivity index (χ0v) is 11.8. The zero-order chi connectivity index (χ0) is 14.3. The van der Waals surface area contributed by atoms with Gasteiger partial charge in [-0.05, 0) is 18.3 Å². The smallest absolute Gasteiger partial charge is 0.308 e. The first-order valence-electron chi connectivity index (χ1n) is 6.43. The van der Waals surface area contributed by atoms with Gasteiger partial charge in [-0.25, -0.2) is 0 Å². The first-order chi connectivity index (χ1) is 8.17. The molecule has 1 amide bonds. The van der Waals surface area contributed by atoms with Crippen molar-refractivity contribution in [3.05, 3.63) is 0 Å². The normalized spacial score (nSPS) is 14.9. The van der Waals surface area contributed by atoms with Crippen LogP contribution in [0.5, 0.6) is 0 Å². The van der Waals surface area contributed by atoms with Crippen LogP contribution in [0.15, 0.2) is 0 Å². The number of rotatable bonds is 7. The first kappa shape index (κ1) is 16.9. The van der Waals surface area contributed by atoms with E-state index in [4.69, 9.17) is 10.8 Å². The van der Waals surface area contributed by atoms with Crippen molar-refractivity contribution in [3.63, 3.8) is 0 Å². The van der Waals surface area contributed by atoms with Crippen LogP contribution in [-0.2, 0) is 9.59 Å². The van der Waals surface area contributed by atoms with E-state index in [0.29, 0.717) is 12.8 Å². The molecule has 0 fully saturated rings. The third-order valence-corrected chi connectivity index (χ3v) is 2.67. The summed E-state index contributed by atoms with van der Waals surface area (Å²) in [5.74, 6) is -1.71. The van der Waals surface area contributed by atoms with Crippen LogP contribution in [0.25, 0.3) is 0 Å². The number of amides is 1. The van der Waals surface area contributed by atoms with Crippen LogP contribution in [0.4, 0.5) is 0 Å². The number of carboxylic acid groups (broad SMARTS) is 1. The van der Waals surface area contributed by atoms with Gasteiger partial charge in [0.15, 0.2) is 0 Å². The molecule has 4 N–H and O–H groups in total. The van der Waals surface area contributed by atoms with E-state index < -0.39 is 17.9 Å². The van der Waals surface area contributed by atoms with Crippen molar-refractivity contribution in [2.75, 3.05) is 6.54 Å². The Bertz CT molecular complexity index is 284. The Morgan fingerprint density at radius 3 is 2.28 bits per heavy atom. The number of hydrogen-bond acceptors (Lipinski definition) is 3. The molecule has 18 heavy (non-hydrogen) atoms. The maximum Gasteiger partial charge on any atom is 0.308 e. The van der Waals surface area contributed by atoms with Crippen molar-refractivity contribution >= 4 is 11.9 Å². The van der Waals surface area contributed by atoms with Crippen LogP contribution in [0.1, 0.15) is 47.0 Å². The molecule has 0 bridgehead atoms. The minimum atomic E-state index is -0.880. The van der Waals surface area contributed by atoms with Crippen LogP contribution < -0.4 is 11.1 Å². The van der Waals surface area contributed by atoms with E-state index in [0.717, 1.165) is 6.42 Å². The van der Waals surface area contributed by atoms with Gasteiger partial charge in [0.25, 0.3) is 0 Å². The lowest BCUT2D eigenvalue weighted by Crippen LogP contribution is -2.43. The van der Waals surface area contributed by atoms with Crippen LogP contribution in [0, 0.1) is 11.3 Å². The minimum Gasteiger partial charge on any atom is -0.481 e. The fraction of sp³-hybridized carbons (Fsp3) is 0.846. The Labute approximate surface area is 109 Å². The van der Waals surface area contributed by atoms with Gasteiger partial charge >= 0.3 is 5.97 Å². The fourth-order valence-corrected chi connectivity index (χ4v) is 1.78. The lowest BCUT2D eigenvalue weighted by Gasteiger charge is -2.23. The predicted octanol–water partition coefficient (Wildman–Crippen LogP) is 1.37. The van der Waals surface area contributed by atoms with E-state index in [1.165, 1.54) is 0 Å². The van der Waals surface area contributed by atoms with Gasteiger partial charge in [-0.3, -0.25) is 9.59 Å². The highest BCUT2D eigenvalue weighted by Gasteiger charge is 2.25. The van der Waals surface area contributed by atoms with Gasteiger partial charge < -0.3 is 16.2 Å². The molecule has 0 rings (SSSR count). The standard InChI is InChI=1S/C13H26N2O3/c1-5-6-10(14)11(16)15-8-9(12(17)18)7-13(2,3)4/h9-10H,5-8,14H2,1-4H3,(H,15,16)(H,17,18)/t9?,10-/m0/s1. The second kappa shape index (κ2) is 7.36. The van der Waals surface area contributed by atoms with Crippen molar-refractivity contribution in [2.24, 2.45) is 17.1 Å². The maximum atomic E-state index is 11.6. The molecular weight excluding hydrogens is 232 g/mol. The second-order valence-electron chi connectivity index (χ2n) is 5.94. The Balaban J connectivity index is 4.28. The summed E-state index contributed by atoms with van der Waals surface area (Å²) in [5, 5.41) is 11.7. The first-order valence-corrected chi connectivity index (χ1v) is 6.43. The van der Waals surface area contributed by atoms with Gasteiger partial charge in [-0.2, -0.15) is 0 Å². The van der Waals surface area contributed by atoms with E-state index in [9.17, 15) is 9.59 Å². The monoisotopic (exact) mass is 258 g/mol. The van der Waals surface area contributed by atoms with Gasteiger partial charge in [-0.15, -0.1) is 0 Å². The van der Waals surface area contributed by atoms with Gasteiger partial charge in [0, 0.05) is 6.54 Å². The average Bonchev–Trinajstić information content (AvgIpc) is 2.22. The van der Waals surface area contributed by atoms with E-state index >= 15 is 0 Å². The highest BCUT2D eigenvalue weighted by atomic mass is 16.4. The summed E-state index contributed by atoms with van der Waals surface area (Å²) in [5.41, 5.74) is 5.57. The molecular formula is C13H26N2O3. The fourth-order valence-electron chi connectivity index (χ4n) is 1.78. The molecule has 0 saturated carbocycles. The average molecular weight is 258 g/mol. The number of carbonyl (C=O) groups excluding carboxylic acids is 1. The number of nitrogens with one attached hydrogen (secondary N) is 1. The zero-order valence-electron chi connectivity index (χ0n) is 11.8. The summed E-state index contributed by atoms with van der Waals surface area (Å²) < 4.78 is 0. The predicted molar refractivity (Wildman–Crippen MR) is 71.1 cm³/mol. The highest BCUT2D eigenvalue weighted by Crippen LogP contribution is 2.24. The van der Waals surface area contributed by atoms with Gasteiger partial charge in [0.1, 0.15) is 0 Å². The second-order valence-corrected chi connectivity index (χ2v) is 5.94. The van der Waals surface area contributed by atoms with Crippen molar-refractivity contribution in [1.29, 1.82) is 0 Å². The Hall–Kier alpha value is -1.10. The number of carboxylic acids is 1. The number of carbonyl (C=O) groups is 2. The molecule has 0 aromatic heterocycles. The summed E-state index contributed by atoms with van der Waals surface area (Å²) >= 11 is 0. The van der Waals surface area contributed by atoms with E-state index in [1.807, 2.05) is 27.7 Å². The molecule has 106 valence electrons. The summed E-state index contributed by atoms with van der Waals surface area (Å²) in [7, 11) is 0. The molecule has 2 atom stereocenters. The van der Waals surface area contributed by atoms with E-state index in [1.54, 1.807) is 0 Å². The lowest BCUT2D eigenvalue weighted by atomic mass is 9.84. The molecule has 0 aromatic carbocycles. The Kier molecular flexibility index (Phi) is 6.91. The Morgan fingerprint density at radius 1 is 1.33 bits per heavy atom. The minimum absolute atomic E-state index is 0.0840. The van der Waals surface area contributed by atoms with Crippen molar-refractivity contribution < 1.29 is 14.7 Å². The van der Waals surface area contributed by atoms with Crippen molar-refractivity contribution in [2.45, 2.75) is 53.0 Å². The van der Waals surface area contributed by atoms with Crippen LogP contribution in [0.3, 0.4) is 0 Å². The molecule has 0 heterocycles. The molecule has 0 spiro atoms. The van der Waals surface area contributed by atoms with Gasteiger partial charge in [-0.1, -0.05) is 34.1 Å². The summed E-state index contributed by atoms with van der Waals surface area (Å²) in [6, 6.07) is -0.543. The summed E-state index contributed by atoms with van der Waals surface area (Å²) in [6.07, 6.45) is 1.97. The lowest BCUT2D eigenvalue weighted by molar-refractivity contribution is -0.142. The topological polar surface area (TPSA) is 92.4 Å². The molecule has 0 aliphatic carbocycles. The number of nitrogens with two attached hydrogens (primary N) is 1. The molecule has 0 radical (unpaired) electrons. The van der Waals surface area contributed by atoms with Gasteiger partial charge in [0.2, 0.25) is 5.91 Å². The summed E-state index contributed by atoms with van der Waals surface area (Å²) in [4.78, 5) is 22.7. The number of aliphatic carboxylic acids is 1. The largest absolute Gasteiger partial charge is 0.481 e. The van der Waals surface area contributed by atoms with Crippen LogP contribution in [-0.4, -0.2) is 29.6 Å². The Morgan fingerprint density at radius 2 is 1.89 bits per heavy atom. The third-order valence-electron chi connectivity index (χ3n) is 2.67.